The van der Waals surface area contributed by atoms with E-state index in [1.165, 1.54) is 61.2 Å². The minimum atomic E-state index is 0.107. The molecule has 0 fully saturated rings. The van der Waals surface area contributed by atoms with E-state index in [1.54, 1.807) is 0 Å². The van der Waals surface area contributed by atoms with Crippen LogP contribution in [-0.2, 0) is 6.42 Å². The lowest BCUT2D eigenvalue weighted by Crippen LogP contribution is -2.10. The highest BCUT2D eigenvalue weighted by Crippen LogP contribution is 2.46. The molecule has 44 heavy (non-hydrogen) atoms. The highest BCUT2D eigenvalue weighted by molar-refractivity contribution is 5.89. The third-order valence-corrected chi connectivity index (χ3v) is 8.52. The van der Waals surface area contributed by atoms with Gasteiger partial charge in [-0.25, -0.2) is 0 Å². The summed E-state index contributed by atoms with van der Waals surface area (Å²) >= 11 is 0. The monoisotopic (exact) mass is 562 g/mol. The first-order valence-corrected chi connectivity index (χ1v) is 15.4. The highest BCUT2D eigenvalue weighted by atomic mass is 14.3. The van der Waals surface area contributed by atoms with Crippen LogP contribution in [0.15, 0.2) is 188 Å². The largest absolute Gasteiger partial charge is 0.0622 e. The minimum Gasteiger partial charge on any atom is -0.0622 e. The lowest BCUT2D eigenvalue weighted by Gasteiger charge is -2.27. The molecule has 0 aromatic heterocycles. The molecule has 0 radical (unpaired) electrons. The van der Waals surface area contributed by atoms with Crippen molar-refractivity contribution in [1.82, 2.24) is 0 Å². The zero-order valence-electron chi connectivity index (χ0n) is 24.7. The predicted octanol–water partition coefficient (Wildman–Crippen LogP) is 11.7. The Balaban J connectivity index is 1.54. The van der Waals surface area contributed by atoms with Gasteiger partial charge in [-0.3, -0.25) is 0 Å². The average molecular weight is 563 g/mol. The zero-order valence-corrected chi connectivity index (χ0v) is 24.7. The molecule has 0 unspecified atom stereocenters. The molecule has 0 heterocycles. The van der Waals surface area contributed by atoms with E-state index in [9.17, 15) is 0 Å². The fraction of sp³-hybridized carbons (Fsp3) is 0.0455. The fourth-order valence-electron chi connectivity index (χ4n) is 6.53. The molecule has 7 aromatic carbocycles. The summed E-state index contributed by atoms with van der Waals surface area (Å²) in [6.07, 6.45) is 0.886. The van der Waals surface area contributed by atoms with E-state index in [1.807, 2.05) is 0 Å². The maximum absolute atomic E-state index is 2.35. The third kappa shape index (κ3) is 5.63. The molecule has 0 aliphatic rings. The molecule has 7 aromatic rings. The topological polar surface area (TPSA) is 0 Å². The number of benzene rings is 7. The quantitative estimate of drug-likeness (QED) is 0.173. The van der Waals surface area contributed by atoms with Gasteiger partial charge in [-0.1, -0.05) is 188 Å². The molecule has 0 saturated carbocycles. The second kappa shape index (κ2) is 12.8. The van der Waals surface area contributed by atoms with Crippen molar-refractivity contribution in [2.24, 2.45) is 0 Å². The van der Waals surface area contributed by atoms with Crippen LogP contribution in [0.2, 0.25) is 0 Å². The van der Waals surface area contributed by atoms with Crippen LogP contribution in [0, 0.1) is 0 Å². The van der Waals surface area contributed by atoms with E-state index in [4.69, 9.17) is 0 Å². The Labute approximate surface area is 261 Å². The van der Waals surface area contributed by atoms with Gasteiger partial charge in [-0.2, -0.15) is 0 Å². The molecular formula is C44H34. The van der Waals surface area contributed by atoms with Crippen molar-refractivity contribution in [3.63, 3.8) is 0 Å². The smallest absolute Gasteiger partial charge is 0.0142 e. The van der Waals surface area contributed by atoms with Crippen molar-refractivity contribution in [1.29, 1.82) is 0 Å². The van der Waals surface area contributed by atoms with Gasteiger partial charge in [0.05, 0.1) is 0 Å². The number of hydrogen-bond acceptors (Lipinski definition) is 0. The Morgan fingerprint density at radius 3 is 1.02 bits per heavy atom. The van der Waals surface area contributed by atoms with Gasteiger partial charge in [0.1, 0.15) is 0 Å². The summed E-state index contributed by atoms with van der Waals surface area (Å²) in [4.78, 5) is 0. The van der Waals surface area contributed by atoms with Gasteiger partial charge < -0.3 is 0 Å². The van der Waals surface area contributed by atoms with Gasteiger partial charge in [0, 0.05) is 5.92 Å². The minimum absolute atomic E-state index is 0.107. The van der Waals surface area contributed by atoms with E-state index >= 15 is 0 Å². The molecule has 0 saturated heterocycles. The van der Waals surface area contributed by atoms with E-state index in [0.29, 0.717) is 0 Å². The number of rotatable bonds is 8. The SMILES string of the molecule is c1ccc(CC(c2cccc(-c3ccccc3)c2-c2ccccc2)c2cccc(-c3ccccc3)c2-c2ccccc2)cc1. The van der Waals surface area contributed by atoms with Crippen LogP contribution in [0.4, 0.5) is 0 Å². The molecule has 0 spiro atoms. The zero-order chi connectivity index (χ0) is 29.6. The normalized spacial score (nSPS) is 11.0. The maximum atomic E-state index is 2.35. The van der Waals surface area contributed by atoms with E-state index in [2.05, 4.69) is 188 Å². The lowest BCUT2D eigenvalue weighted by atomic mass is 9.76. The summed E-state index contributed by atoms with van der Waals surface area (Å²) in [6.45, 7) is 0. The standard InChI is InChI=1S/C44H34/c1-6-18-33(19-7-1)32-42(40-30-16-28-38(34-20-8-2-9-21-34)43(40)36-24-12-4-13-25-36)41-31-17-29-39(35-22-10-3-11-23-35)44(41)37-26-14-5-15-27-37/h1-31,42H,32H2. The number of hydrogen-bond donors (Lipinski definition) is 0. The van der Waals surface area contributed by atoms with Gasteiger partial charge in [0.15, 0.2) is 0 Å². The molecule has 0 nitrogen and oxygen atoms in total. The second-order valence-electron chi connectivity index (χ2n) is 11.2. The van der Waals surface area contributed by atoms with Gasteiger partial charge in [0.25, 0.3) is 0 Å². The van der Waals surface area contributed by atoms with Gasteiger partial charge in [0.2, 0.25) is 0 Å². The summed E-state index contributed by atoms with van der Waals surface area (Å²) < 4.78 is 0. The first kappa shape index (κ1) is 27.4. The van der Waals surface area contributed by atoms with Crippen molar-refractivity contribution in [2.75, 3.05) is 0 Å². The molecule has 0 heteroatoms. The fourth-order valence-corrected chi connectivity index (χ4v) is 6.53. The molecule has 0 atom stereocenters. The Morgan fingerprint density at radius 1 is 0.295 bits per heavy atom. The van der Waals surface area contributed by atoms with Crippen molar-refractivity contribution >= 4 is 0 Å². The highest BCUT2D eigenvalue weighted by Gasteiger charge is 2.26. The van der Waals surface area contributed by atoms with Crippen molar-refractivity contribution in [3.8, 4) is 44.5 Å². The van der Waals surface area contributed by atoms with Crippen molar-refractivity contribution in [3.05, 3.63) is 205 Å². The van der Waals surface area contributed by atoms with Crippen molar-refractivity contribution in [2.45, 2.75) is 12.3 Å². The lowest BCUT2D eigenvalue weighted by molar-refractivity contribution is 0.809. The average Bonchev–Trinajstić information content (AvgIpc) is 3.12. The molecule has 0 aliphatic heterocycles. The van der Waals surface area contributed by atoms with Gasteiger partial charge in [-0.15, -0.1) is 0 Å². The summed E-state index contributed by atoms with van der Waals surface area (Å²) in [5, 5.41) is 0. The molecule has 0 N–H and O–H groups in total. The van der Waals surface area contributed by atoms with Crippen LogP contribution in [0.25, 0.3) is 44.5 Å². The molecular weight excluding hydrogens is 528 g/mol. The van der Waals surface area contributed by atoms with E-state index in [-0.39, 0.29) is 5.92 Å². The summed E-state index contributed by atoms with van der Waals surface area (Å²) in [6, 6.07) is 68.1. The Bertz CT molecular complexity index is 1820. The summed E-state index contributed by atoms with van der Waals surface area (Å²) in [5.74, 6) is 0.107. The summed E-state index contributed by atoms with van der Waals surface area (Å²) in [5.41, 5.74) is 14.0. The molecule has 0 bridgehead atoms. The molecule has 7 rings (SSSR count). The molecule has 0 aliphatic carbocycles. The third-order valence-electron chi connectivity index (χ3n) is 8.52. The molecule has 0 amide bonds. The first-order chi connectivity index (χ1) is 21.9. The van der Waals surface area contributed by atoms with E-state index < -0.39 is 0 Å². The second-order valence-corrected chi connectivity index (χ2v) is 11.2. The van der Waals surface area contributed by atoms with E-state index in [0.717, 1.165) is 6.42 Å². The van der Waals surface area contributed by atoms with Crippen LogP contribution in [0.1, 0.15) is 22.6 Å². The Kier molecular flexibility index (Phi) is 7.97. The van der Waals surface area contributed by atoms with Crippen molar-refractivity contribution < 1.29 is 0 Å². The van der Waals surface area contributed by atoms with Crippen LogP contribution in [-0.4, -0.2) is 0 Å². The van der Waals surface area contributed by atoms with Crippen LogP contribution in [0.5, 0.6) is 0 Å². The Morgan fingerprint density at radius 2 is 0.636 bits per heavy atom. The van der Waals surface area contributed by atoms with Crippen LogP contribution in [0.3, 0.4) is 0 Å². The van der Waals surface area contributed by atoms with Gasteiger partial charge >= 0.3 is 0 Å². The van der Waals surface area contributed by atoms with Gasteiger partial charge in [-0.05, 0) is 67.6 Å². The maximum Gasteiger partial charge on any atom is 0.0142 e. The van der Waals surface area contributed by atoms with Crippen LogP contribution < -0.4 is 0 Å². The summed E-state index contributed by atoms with van der Waals surface area (Å²) in [7, 11) is 0. The first-order valence-electron chi connectivity index (χ1n) is 15.4. The Hall–Kier alpha value is -5.46. The van der Waals surface area contributed by atoms with Crippen LogP contribution >= 0.6 is 0 Å². The predicted molar refractivity (Wildman–Crippen MR) is 187 cm³/mol. The molecule has 210 valence electrons.